The molecule has 46 heavy (non-hydrogen) atoms. The van der Waals surface area contributed by atoms with Crippen molar-refractivity contribution in [3.63, 3.8) is 0 Å². The molecule has 0 fully saturated rings. The zero-order valence-electron chi connectivity index (χ0n) is 25.1. The zero-order valence-corrected chi connectivity index (χ0v) is 25.1. The fourth-order valence-electron chi connectivity index (χ4n) is 6.77. The predicted molar refractivity (Wildman–Crippen MR) is 194 cm³/mol. The fraction of sp³-hybridized carbons (Fsp3) is 0. The monoisotopic (exact) mass is 587 g/mol. The van der Waals surface area contributed by atoms with Gasteiger partial charge in [-0.15, -0.1) is 0 Å². The van der Waals surface area contributed by atoms with Crippen LogP contribution in [0.25, 0.3) is 65.7 Å². The van der Waals surface area contributed by atoms with E-state index < -0.39 is 0 Å². The van der Waals surface area contributed by atoms with Gasteiger partial charge in [0.05, 0.1) is 0 Å². The average Bonchev–Trinajstić information content (AvgIpc) is 3.50. The molecular formula is C44H29NO. The van der Waals surface area contributed by atoms with Crippen molar-refractivity contribution < 1.29 is 4.42 Å². The highest BCUT2D eigenvalue weighted by atomic mass is 16.3. The molecule has 0 aliphatic rings. The molecule has 0 unspecified atom stereocenters. The van der Waals surface area contributed by atoms with Crippen molar-refractivity contribution >= 4 is 60.5 Å². The van der Waals surface area contributed by atoms with Gasteiger partial charge in [0.15, 0.2) is 0 Å². The van der Waals surface area contributed by atoms with Crippen LogP contribution in [0.2, 0.25) is 0 Å². The Morgan fingerprint density at radius 1 is 0.326 bits per heavy atom. The number of fused-ring (bicyclic) bond motifs is 5. The zero-order chi connectivity index (χ0) is 30.5. The van der Waals surface area contributed by atoms with E-state index in [4.69, 9.17) is 4.42 Å². The summed E-state index contributed by atoms with van der Waals surface area (Å²) in [5.74, 6) is 0. The second-order valence-electron chi connectivity index (χ2n) is 11.8. The van der Waals surface area contributed by atoms with Crippen molar-refractivity contribution in [2.45, 2.75) is 0 Å². The lowest BCUT2D eigenvalue weighted by atomic mass is 9.96. The summed E-state index contributed by atoms with van der Waals surface area (Å²) in [6.07, 6.45) is 0. The second-order valence-corrected chi connectivity index (χ2v) is 11.8. The van der Waals surface area contributed by atoms with E-state index in [1.807, 2.05) is 12.1 Å². The Bertz CT molecular complexity index is 2540. The molecule has 0 spiro atoms. The Morgan fingerprint density at radius 3 is 1.91 bits per heavy atom. The maximum atomic E-state index is 6.34. The van der Waals surface area contributed by atoms with Crippen LogP contribution in [0.15, 0.2) is 180 Å². The van der Waals surface area contributed by atoms with Crippen molar-refractivity contribution in [1.29, 1.82) is 0 Å². The molecule has 0 saturated carbocycles. The minimum absolute atomic E-state index is 0.878. The molecule has 8 aromatic carbocycles. The normalized spacial score (nSPS) is 11.5. The van der Waals surface area contributed by atoms with E-state index in [0.717, 1.165) is 39.0 Å². The molecule has 0 aliphatic heterocycles. The van der Waals surface area contributed by atoms with Crippen molar-refractivity contribution in [2.24, 2.45) is 0 Å². The molecule has 0 bridgehead atoms. The van der Waals surface area contributed by atoms with E-state index in [2.05, 4.69) is 169 Å². The summed E-state index contributed by atoms with van der Waals surface area (Å²) in [5, 5.41) is 7.18. The number of para-hydroxylation sites is 1. The first kappa shape index (κ1) is 26.3. The number of hydrogen-bond acceptors (Lipinski definition) is 2. The average molecular weight is 588 g/mol. The number of hydrogen-bond donors (Lipinski definition) is 0. The topological polar surface area (TPSA) is 16.4 Å². The molecule has 2 nitrogen and oxygen atoms in total. The fourth-order valence-corrected chi connectivity index (χ4v) is 6.77. The lowest BCUT2D eigenvalue weighted by molar-refractivity contribution is 0.669. The van der Waals surface area contributed by atoms with Crippen LogP contribution in [0.4, 0.5) is 17.1 Å². The van der Waals surface area contributed by atoms with Crippen LogP contribution < -0.4 is 4.90 Å². The van der Waals surface area contributed by atoms with Crippen molar-refractivity contribution in [3.8, 4) is 22.3 Å². The third-order valence-electron chi connectivity index (χ3n) is 9.01. The number of anilines is 3. The molecule has 9 aromatic rings. The highest BCUT2D eigenvalue weighted by Crippen LogP contribution is 2.41. The van der Waals surface area contributed by atoms with Gasteiger partial charge >= 0.3 is 0 Å². The Kier molecular flexibility index (Phi) is 6.17. The van der Waals surface area contributed by atoms with Gasteiger partial charge in [-0.25, -0.2) is 0 Å². The third kappa shape index (κ3) is 4.51. The van der Waals surface area contributed by atoms with Crippen molar-refractivity contribution in [1.82, 2.24) is 0 Å². The van der Waals surface area contributed by atoms with Gasteiger partial charge in [-0.3, -0.25) is 0 Å². The summed E-state index contributed by atoms with van der Waals surface area (Å²) in [4.78, 5) is 2.33. The quantitative estimate of drug-likeness (QED) is 0.199. The lowest BCUT2D eigenvalue weighted by Crippen LogP contribution is -2.10. The van der Waals surface area contributed by atoms with Gasteiger partial charge in [0.1, 0.15) is 11.2 Å². The minimum atomic E-state index is 0.878. The van der Waals surface area contributed by atoms with E-state index in [1.165, 1.54) is 43.8 Å². The maximum Gasteiger partial charge on any atom is 0.137 e. The Morgan fingerprint density at radius 2 is 0.978 bits per heavy atom. The van der Waals surface area contributed by atoms with E-state index >= 15 is 0 Å². The first-order valence-corrected chi connectivity index (χ1v) is 15.7. The molecular weight excluding hydrogens is 558 g/mol. The molecule has 0 radical (unpaired) electrons. The Hall–Kier alpha value is -6.12. The van der Waals surface area contributed by atoms with E-state index in [0.29, 0.717) is 0 Å². The van der Waals surface area contributed by atoms with E-state index in [-0.39, 0.29) is 0 Å². The highest BCUT2D eigenvalue weighted by Gasteiger charge is 2.17. The first-order valence-electron chi connectivity index (χ1n) is 15.7. The van der Waals surface area contributed by atoms with Crippen LogP contribution in [-0.4, -0.2) is 0 Å². The molecule has 216 valence electrons. The van der Waals surface area contributed by atoms with Crippen LogP contribution in [-0.2, 0) is 0 Å². The third-order valence-corrected chi connectivity index (χ3v) is 9.01. The van der Waals surface area contributed by atoms with Gasteiger partial charge < -0.3 is 9.32 Å². The summed E-state index contributed by atoms with van der Waals surface area (Å²) in [6, 6.07) is 62.8. The standard InChI is InChI=1S/C44H29NO/c1-2-10-30(11-3-1)32-14-8-15-36(27-32)45(38-24-25-42-41-17-6-7-19-43(41)46-44(42)29-38)37-23-22-33-26-35(21-20-34(33)28-37)40-18-9-13-31-12-4-5-16-39(31)40/h1-29H. The van der Waals surface area contributed by atoms with Crippen LogP contribution in [0.3, 0.4) is 0 Å². The number of benzene rings is 8. The Balaban J connectivity index is 1.19. The highest BCUT2D eigenvalue weighted by molar-refractivity contribution is 6.06. The maximum absolute atomic E-state index is 6.34. The van der Waals surface area contributed by atoms with Gasteiger partial charge in [0, 0.05) is 33.9 Å². The van der Waals surface area contributed by atoms with Gasteiger partial charge in [0.25, 0.3) is 0 Å². The van der Waals surface area contributed by atoms with Crippen LogP contribution in [0.5, 0.6) is 0 Å². The molecule has 0 atom stereocenters. The predicted octanol–water partition coefficient (Wildman–Crippen LogP) is 12.7. The van der Waals surface area contributed by atoms with Crippen LogP contribution in [0.1, 0.15) is 0 Å². The molecule has 0 saturated heterocycles. The van der Waals surface area contributed by atoms with Crippen LogP contribution in [0, 0.1) is 0 Å². The molecule has 0 N–H and O–H groups in total. The molecule has 0 aliphatic carbocycles. The molecule has 0 amide bonds. The smallest absolute Gasteiger partial charge is 0.137 e. The van der Waals surface area contributed by atoms with Crippen LogP contribution >= 0.6 is 0 Å². The summed E-state index contributed by atoms with van der Waals surface area (Å²) < 4.78 is 6.34. The second kappa shape index (κ2) is 10.8. The molecule has 1 heterocycles. The van der Waals surface area contributed by atoms with Crippen molar-refractivity contribution in [2.75, 3.05) is 4.90 Å². The summed E-state index contributed by atoms with van der Waals surface area (Å²) in [7, 11) is 0. The minimum Gasteiger partial charge on any atom is -0.456 e. The van der Waals surface area contributed by atoms with Gasteiger partial charge in [-0.1, -0.05) is 121 Å². The number of furan rings is 1. The largest absolute Gasteiger partial charge is 0.456 e. The number of nitrogens with zero attached hydrogens (tertiary/aromatic N) is 1. The molecule has 1 aromatic heterocycles. The van der Waals surface area contributed by atoms with E-state index in [9.17, 15) is 0 Å². The van der Waals surface area contributed by atoms with Crippen molar-refractivity contribution in [3.05, 3.63) is 176 Å². The van der Waals surface area contributed by atoms with Gasteiger partial charge in [-0.2, -0.15) is 0 Å². The summed E-state index contributed by atoms with van der Waals surface area (Å²) in [6.45, 7) is 0. The summed E-state index contributed by atoms with van der Waals surface area (Å²) >= 11 is 0. The first-order chi connectivity index (χ1) is 22.8. The lowest BCUT2D eigenvalue weighted by Gasteiger charge is -2.26. The molecule has 2 heteroatoms. The SMILES string of the molecule is c1ccc(-c2cccc(N(c3ccc4cc(-c5cccc6ccccc56)ccc4c3)c3ccc4c(c3)oc3ccccc34)c2)cc1. The number of rotatable bonds is 5. The van der Waals surface area contributed by atoms with E-state index in [1.54, 1.807) is 0 Å². The Labute approximate surface area is 267 Å². The van der Waals surface area contributed by atoms with Gasteiger partial charge in [0.2, 0.25) is 0 Å². The summed E-state index contributed by atoms with van der Waals surface area (Å²) in [5.41, 5.74) is 9.84. The molecule has 9 rings (SSSR count). The van der Waals surface area contributed by atoms with Gasteiger partial charge in [-0.05, 0) is 92.3 Å².